The van der Waals surface area contributed by atoms with Gasteiger partial charge in [-0.15, -0.1) is 10.2 Å². The zero-order chi connectivity index (χ0) is 23.3. The van der Waals surface area contributed by atoms with Crippen molar-refractivity contribution >= 4 is 5.91 Å². The summed E-state index contributed by atoms with van der Waals surface area (Å²) in [5, 5.41) is 25.4. The SMILES string of the molecule is O=C(Cn1nnc(-c2ccc(C(F)(F)F)cc2)n1)NCCOc1nnnn1-c1ccccc1. The fraction of sp³-hybridized carbons (Fsp3) is 0.211. The number of para-hydroxylation sites is 1. The summed E-state index contributed by atoms with van der Waals surface area (Å²) in [6.07, 6.45) is -4.43. The molecule has 0 aliphatic heterocycles. The molecule has 0 aliphatic rings. The van der Waals surface area contributed by atoms with Crippen molar-refractivity contribution in [2.75, 3.05) is 13.2 Å². The van der Waals surface area contributed by atoms with Crippen LogP contribution in [0.25, 0.3) is 17.1 Å². The second-order valence-electron chi connectivity index (χ2n) is 6.63. The molecule has 170 valence electrons. The lowest BCUT2D eigenvalue weighted by molar-refractivity contribution is -0.137. The lowest BCUT2D eigenvalue weighted by Gasteiger charge is -2.07. The lowest BCUT2D eigenvalue weighted by atomic mass is 10.1. The summed E-state index contributed by atoms with van der Waals surface area (Å²) in [5.74, 6) is -0.301. The maximum atomic E-state index is 12.7. The van der Waals surface area contributed by atoms with Gasteiger partial charge >= 0.3 is 12.2 Å². The van der Waals surface area contributed by atoms with Crippen LogP contribution in [0.1, 0.15) is 5.56 Å². The third-order valence-corrected chi connectivity index (χ3v) is 4.31. The van der Waals surface area contributed by atoms with Crippen LogP contribution in [0.4, 0.5) is 13.2 Å². The summed E-state index contributed by atoms with van der Waals surface area (Å²) in [7, 11) is 0. The highest BCUT2D eigenvalue weighted by atomic mass is 19.4. The van der Waals surface area contributed by atoms with E-state index < -0.39 is 17.6 Å². The summed E-state index contributed by atoms with van der Waals surface area (Å²) >= 11 is 0. The molecule has 0 radical (unpaired) electrons. The number of carbonyl (C=O) groups is 1. The van der Waals surface area contributed by atoms with Gasteiger partial charge in [-0.3, -0.25) is 4.79 Å². The predicted molar refractivity (Wildman–Crippen MR) is 106 cm³/mol. The first-order chi connectivity index (χ1) is 15.9. The Balaban J connectivity index is 1.25. The molecule has 14 heteroatoms. The highest BCUT2D eigenvalue weighted by Gasteiger charge is 2.30. The molecule has 0 bridgehead atoms. The van der Waals surface area contributed by atoms with Crippen LogP contribution in [-0.2, 0) is 17.5 Å². The second-order valence-corrected chi connectivity index (χ2v) is 6.63. The Morgan fingerprint density at radius 1 is 1.00 bits per heavy atom. The van der Waals surface area contributed by atoms with Crippen molar-refractivity contribution in [2.45, 2.75) is 12.7 Å². The number of aromatic nitrogens is 8. The molecule has 2 aromatic carbocycles. The molecule has 0 aliphatic carbocycles. The van der Waals surface area contributed by atoms with Crippen LogP contribution in [0.2, 0.25) is 0 Å². The van der Waals surface area contributed by atoms with Crippen molar-refractivity contribution in [3.8, 4) is 23.1 Å². The summed E-state index contributed by atoms with van der Waals surface area (Å²) in [6.45, 7) is 0.0524. The molecule has 0 spiro atoms. The molecule has 33 heavy (non-hydrogen) atoms. The lowest BCUT2D eigenvalue weighted by Crippen LogP contribution is -2.32. The van der Waals surface area contributed by atoms with E-state index in [2.05, 4.69) is 36.3 Å². The van der Waals surface area contributed by atoms with Gasteiger partial charge in [-0.1, -0.05) is 35.4 Å². The molecule has 0 unspecified atom stereocenters. The van der Waals surface area contributed by atoms with E-state index in [1.165, 1.54) is 16.8 Å². The minimum absolute atomic E-state index is 0.104. The fourth-order valence-corrected chi connectivity index (χ4v) is 2.75. The van der Waals surface area contributed by atoms with E-state index in [1.807, 2.05) is 30.3 Å². The van der Waals surface area contributed by atoms with Crippen molar-refractivity contribution in [1.29, 1.82) is 0 Å². The number of rotatable bonds is 8. The van der Waals surface area contributed by atoms with Crippen molar-refractivity contribution in [3.63, 3.8) is 0 Å². The first kappa shape index (κ1) is 21.9. The largest absolute Gasteiger partial charge is 0.460 e. The third kappa shape index (κ3) is 5.47. The van der Waals surface area contributed by atoms with Gasteiger partial charge in [-0.05, 0) is 39.9 Å². The highest BCUT2D eigenvalue weighted by Crippen LogP contribution is 2.30. The van der Waals surface area contributed by atoms with Crippen molar-refractivity contribution < 1.29 is 22.7 Å². The number of hydrogen-bond donors (Lipinski definition) is 1. The van der Waals surface area contributed by atoms with E-state index >= 15 is 0 Å². The second kappa shape index (κ2) is 9.42. The summed E-state index contributed by atoms with van der Waals surface area (Å²) in [5.41, 5.74) is 0.292. The first-order valence-corrected chi connectivity index (χ1v) is 9.59. The van der Waals surface area contributed by atoms with Gasteiger partial charge in [0.2, 0.25) is 11.7 Å². The van der Waals surface area contributed by atoms with E-state index in [4.69, 9.17) is 4.74 Å². The van der Waals surface area contributed by atoms with Crippen molar-refractivity contribution in [1.82, 2.24) is 45.7 Å². The van der Waals surface area contributed by atoms with Gasteiger partial charge in [-0.2, -0.15) is 22.6 Å². The number of hydrogen-bond acceptors (Lipinski definition) is 8. The molecular weight excluding hydrogens is 443 g/mol. The molecule has 2 heterocycles. The van der Waals surface area contributed by atoms with Crippen molar-refractivity contribution in [3.05, 3.63) is 60.2 Å². The minimum atomic E-state index is -4.43. The number of nitrogens with zero attached hydrogens (tertiary/aromatic N) is 8. The summed E-state index contributed by atoms with van der Waals surface area (Å²) in [4.78, 5) is 13.1. The van der Waals surface area contributed by atoms with Crippen LogP contribution in [0, 0.1) is 0 Å². The molecule has 4 aromatic rings. The molecule has 0 saturated heterocycles. The molecule has 2 aromatic heterocycles. The number of tetrazole rings is 2. The molecule has 1 amide bonds. The average Bonchev–Trinajstić information content (AvgIpc) is 3.46. The molecule has 0 atom stereocenters. The summed E-state index contributed by atoms with van der Waals surface area (Å²) < 4.78 is 44.9. The maximum absolute atomic E-state index is 12.7. The topological polar surface area (TPSA) is 126 Å². The van der Waals surface area contributed by atoms with Crippen LogP contribution >= 0.6 is 0 Å². The van der Waals surface area contributed by atoms with Crippen LogP contribution in [0.15, 0.2) is 54.6 Å². The number of alkyl halides is 3. The van der Waals surface area contributed by atoms with Crippen molar-refractivity contribution in [2.24, 2.45) is 0 Å². The van der Waals surface area contributed by atoms with E-state index in [9.17, 15) is 18.0 Å². The Morgan fingerprint density at radius 2 is 1.76 bits per heavy atom. The zero-order valence-corrected chi connectivity index (χ0v) is 16.8. The normalized spacial score (nSPS) is 11.4. The van der Waals surface area contributed by atoms with Gasteiger partial charge in [0, 0.05) is 5.56 Å². The third-order valence-electron chi connectivity index (χ3n) is 4.31. The van der Waals surface area contributed by atoms with Crippen LogP contribution in [-0.4, -0.2) is 59.5 Å². The van der Waals surface area contributed by atoms with Gasteiger partial charge < -0.3 is 10.1 Å². The highest BCUT2D eigenvalue weighted by molar-refractivity contribution is 5.75. The van der Waals surface area contributed by atoms with E-state index in [0.29, 0.717) is 5.56 Å². The molecular formula is C19H16F3N9O2. The quantitative estimate of drug-likeness (QED) is 0.393. The van der Waals surface area contributed by atoms with Gasteiger partial charge in [-0.25, -0.2) is 0 Å². The van der Waals surface area contributed by atoms with E-state index in [1.54, 1.807) is 0 Å². The smallest absolute Gasteiger partial charge is 0.416 e. The molecule has 11 nitrogen and oxygen atoms in total. The average molecular weight is 459 g/mol. The molecule has 0 fully saturated rings. The number of carbonyl (C=O) groups excluding carboxylic acids is 1. The standard InChI is InChI=1S/C19H16F3N9O2/c20-19(21,22)14-8-6-13(7-9-14)17-24-28-30(26-17)12-16(32)23-10-11-33-18-25-27-29-31(18)15-4-2-1-3-5-15/h1-9H,10-12H2,(H,23,32). The van der Waals surface area contributed by atoms with E-state index in [-0.39, 0.29) is 31.5 Å². The Kier molecular flexibility index (Phi) is 6.24. The van der Waals surface area contributed by atoms with Gasteiger partial charge in [0.1, 0.15) is 13.2 Å². The maximum Gasteiger partial charge on any atom is 0.416 e. The van der Waals surface area contributed by atoms with Crippen LogP contribution in [0.5, 0.6) is 6.01 Å². The first-order valence-electron chi connectivity index (χ1n) is 9.59. The number of benzene rings is 2. The Morgan fingerprint density at radius 3 is 2.48 bits per heavy atom. The Bertz CT molecular complexity index is 1210. The van der Waals surface area contributed by atoms with Gasteiger partial charge in [0.25, 0.3) is 0 Å². The Hall–Kier alpha value is -4.36. The zero-order valence-electron chi connectivity index (χ0n) is 16.8. The number of amides is 1. The summed E-state index contributed by atoms with van der Waals surface area (Å²) in [6, 6.07) is 13.7. The number of nitrogens with one attached hydrogen (secondary N) is 1. The monoisotopic (exact) mass is 459 g/mol. The van der Waals surface area contributed by atoms with Gasteiger partial charge in [0.05, 0.1) is 17.8 Å². The minimum Gasteiger partial charge on any atom is -0.460 e. The molecule has 4 rings (SSSR count). The molecule has 1 N–H and O–H groups in total. The van der Waals surface area contributed by atoms with E-state index in [0.717, 1.165) is 22.6 Å². The molecule has 0 saturated carbocycles. The van der Waals surface area contributed by atoms with Crippen LogP contribution < -0.4 is 10.1 Å². The number of ether oxygens (including phenoxy) is 1. The Labute approximate surface area is 184 Å². The van der Waals surface area contributed by atoms with Crippen LogP contribution in [0.3, 0.4) is 0 Å². The predicted octanol–water partition coefficient (Wildman–Crippen LogP) is 1.53. The fourth-order valence-electron chi connectivity index (χ4n) is 2.75. The van der Waals surface area contributed by atoms with Gasteiger partial charge in [0.15, 0.2) is 0 Å². The number of halogens is 3.